The van der Waals surface area contributed by atoms with Crippen LogP contribution in [0.2, 0.25) is 0 Å². The highest BCUT2D eigenvalue weighted by Gasteiger charge is 2.38. The minimum atomic E-state index is -0.920. The van der Waals surface area contributed by atoms with Crippen molar-refractivity contribution in [1.29, 1.82) is 5.26 Å². The van der Waals surface area contributed by atoms with Crippen molar-refractivity contribution in [3.05, 3.63) is 0 Å². The summed E-state index contributed by atoms with van der Waals surface area (Å²) in [6.07, 6.45) is 5.42. The molecule has 2 rings (SSSR count). The molecule has 0 radical (unpaired) electrons. The van der Waals surface area contributed by atoms with Gasteiger partial charge in [-0.15, -0.1) is 0 Å². The normalized spacial score (nSPS) is 22.8. The van der Waals surface area contributed by atoms with Crippen LogP contribution in [0.3, 0.4) is 0 Å². The van der Waals surface area contributed by atoms with Gasteiger partial charge in [-0.25, -0.2) is 9.59 Å². The molecule has 20 heavy (non-hydrogen) atoms. The lowest BCUT2D eigenvalue weighted by Gasteiger charge is -2.33. The molecular weight excluding hydrogens is 258 g/mol. The molecule has 1 heterocycles. The first-order chi connectivity index (χ1) is 9.65. The van der Waals surface area contributed by atoms with Crippen molar-refractivity contribution in [3.63, 3.8) is 0 Å². The lowest BCUT2D eigenvalue weighted by molar-refractivity contribution is -0.142. The van der Waals surface area contributed by atoms with Crippen molar-refractivity contribution in [2.24, 2.45) is 0 Å². The van der Waals surface area contributed by atoms with Gasteiger partial charge in [0.2, 0.25) is 0 Å². The molecule has 0 aromatic carbocycles. The van der Waals surface area contributed by atoms with Gasteiger partial charge in [-0.2, -0.15) is 5.26 Å². The summed E-state index contributed by atoms with van der Waals surface area (Å²) in [5.74, 6) is -0.920. The van der Waals surface area contributed by atoms with E-state index in [1.165, 1.54) is 4.90 Å². The van der Waals surface area contributed by atoms with E-state index in [0.717, 1.165) is 32.1 Å². The van der Waals surface area contributed by atoms with Crippen LogP contribution in [0.4, 0.5) is 4.79 Å². The number of likely N-dealkylation sites (tertiary alicyclic amines) is 1. The van der Waals surface area contributed by atoms with Gasteiger partial charge in [0.05, 0.1) is 12.5 Å². The monoisotopic (exact) mass is 279 g/mol. The summed E-state index contributed by atoms with van der Waals surface area (Å²) < 4.78 is 0. The highest BCUT2D eigenvalue weighted by molar-refractivity contribution is 5.83. The second kappa shape index (κ2) is 6.60. The Bertz CT molecular complexity index is 414. The molecule has 1 aliphatic carbocycles. The summed E-state index contributed by atoms with van der Waals surface area (Å²) >= 11 is 0. The standard InChI is InChI=1S/C14H21N3O3/c15-8-4-10-16(11-6-7-11)14(20)17-9-3-1-2-5-12(17)13(18)19/h11-12H,1-7,9-10H2,(H,18,19). The van der Waals surface area contributed by atoms with Crippen molar-refractivity contribution < 1.29 is 14.7 Å². The Kier molecular flexibility index (Phi) is 4.83. The van der Waals surface area contributed by atoms with Crippen LogP contribution in [0.5, 0.6) is 0 Å². The van der Waals surface area contributed by atoms with Crippen LogP contribution in [-0.2, 0) is 4.79 Å². The van der Waals surface area contributed by atoms with Crippen LogP contribution < -0.4 is 0 Å². The van der Waals surface area contributed by atoms with Crippen molar-refractivity contribution in [3.8, 4) is 6.07 Å². The molecule has 2 fully saturated rings. The third kappa shape index (κ3) is 3.41. The largest absolute Gasteiger partial charge is 0.480 e. The number of rotatable bonds is 4. The number of carboxylic acid groups (broad SMARTS) is 1. The Labute approximate surface area is 119 Å². The van der Waals surface area contributed by atoms with Crippen LogP contribution in [0.15, 0.2) is 0 Å². The number of urea groups is 1. The van der Waals surface area contributed by atoms with Crippen LogP contribution in [0.25, 0.3) is 0 Å². The van der Waals surface area contributed by atoms with E-state index in [2.05, 4.69) is 6.07 Å². The number of nitrogens with zero attached hydrogens (tertiary/aromatic N) is 3. The molecule has 1 atom stereocenters. The molecule has 110 valence electrons. The number of hydrogen-bond acceptors (Lipinski definition) is 3. The fourth-order valence-corrected chi connectivity index (χ4v) is 2.75. The van der Waals surface area contributed by atoms with Gasteiger partial charge in [0, 0.05) is 19.1 Å². The van der Waals surface area contributed by atoms with E-state index in [1.54, 1.807) is 4.90 Å². The lowest BCUT2D eigenvalue weighted by atomic mass is 10.1. The fourth-order valence-electron chi connectivity index (χ4n) is 2.75. The average Bonchev–Trinajstić information content (AvgIpc) is 3.24. The maximum atomic E-state index is 12.6. The maximum Gasteiger partial charge on any atom is 0.326 e. The molecule has 1 N–H and O–H groups in total. The van der Waals surface area contributed by atoms with Gasteiger partial charge in [-0.3, -0.25) is 0 Å². The molecule has 6 nitrogen and oxygen atoms in total. The SMILES string of the molecule is N#CCCN(C(=O)N1CCCCCC1C(=O)O)C1CC1. The van der Waals surface area contributed by atoms with E-state index in [4.69, 9.17) is 5.26 Å². The third-order valence-corrected chi connectivity index (χ3v) is 3.98. The number of carbonyl (C=O) groups excluding carboxylic acids is 1. The van der Waals surface area contributed by atoms with E-state index in [-0.39, 0.29) is 12.1 Å². The molecule has 2 aliphatic rings. The lowest BCUT2D eigenvalue weighted by Crippen LogP contribution is -2.51. The van der Waals surface area contributed by atoms with Crippen LogP contribution in [0.1, 0.15) is 44.9 Å². The van der Waals surface area contributed by atoms with Crippen LogP contribution in [0, 0.1) is 11.3 Å². The Morgan fingerprint density at radius 1 is 1.25 bits per heavy atom. The Balaban J connectivity index is 2.09. The van der Waals surface area contributed by atoms with E-state index in [0.29, 0.717) is 25.9 Å². The maximum absolute atomic E-state index is 12.6. The topological polar surface area (TPSA) is 84.6 Å². The second-order valence-corrected chi connectivity index (χ2v) is 5.51. The zero-order valence-corrected chi connectivity index (χ0v) is 11.6. The van der Waals surface area contributed by atoms with Gasteiger partial charge in [0.25, 0.3) is 0 Å². The summed E-state index contributed by atoms with van der Waals surface area (Å²) in [4.78, 5) is 27.2. The molecule has 1 aliphatic heterocycles. The Hall–Kier alpha value is -1.77. The molecular formula is C14H21N3O3. The zero-order valence-electron chi connectivity index (χ0n) is 11.6. The highest BCUT2D eigenvalue weighted by atomic mass is 16.4. The number of hydrogen-bond donors (Lipinski definition) is 1. The van der Waals surface area contributed by atoms with Gasteiger partial charge < -0.3 is 14.9 Å². The smallest absolute Gasteiger partial charge is 0.326 e. The summed E-state index contributed by atoms with van der Waals surface area (Å²) in [5, 5.41) is 18.0. The van der Waals surface area contributed by atoms with Crippen molar-refractivity contribution in [2.45, 2.75) is 57.0 Å². The number of amides is 2. The van der Waals surface area contributed by atoms with Gasteiger partial charge >= 0.3 is 12.0 Å². The first-order valence-corrected chi connectivity index (χ1v) is 7.32. The van der Waals surface area contributed by atoms with Gasteiger partial charge in [-0.05, 0) is 25.7 Å². The molecule has 0 bridgehead atoms. The summed E-state index contributed by atoms with van der Waals surface area (Å²) in [5.41, 5.74) is 0. The Morgan fingerprint density at radius 3 is 2.60 bits per heavy atom. The number of aliphatic carboxylic acids is 1. The quantitative estimate of drug-likeness (QED) is 0.850. The van der Waals surface area contributed by atoms with E-state index in [1.807, 2.05) is 0 Å². The second-order valence-electron chi connectivity index (χ2n) is 5.51. The average molecular weight is 279 g/mol. The van der Waals surface area contributed by atoms with Crippen LogP contribution in [-0.4, -0.2) is 52.1 Å². The predicted molar refractivity (Wildman–Crippen MR) is 72.0 cm³/mol. The minimum Gasteiger partial charge on any atom is -0.480 e. The van der Waals surface area contributed by atoms with E-state index in [9.17, 15) is 14.7 Å². The molecule has 0 aromatic rings. The molecule has 0 spiro atoms. The van der Waals surface area contributed by atoms with Gasteiger partial charge in [0.1, 0.15) is 6.04 Å². The minimum absolute atomic E-state index is 0.197. The Morgan fingerprint density at radius 2 is 2.00 bits per heavy atom. The molecule has 2 amide bonds. The highest BCUT2D eigenvalue weighted by Crippen LogP contribution is 2.29. The zero-order chi connectivity index (χ0) is 14.5. The van der Waals surface area contributed by atoms with Crippen molar-refractivity contribution in [1.82, 2.24) is 9.80 Å². The van der Waals surface area contributed by atoms with Crippen molar-refractivity contribution in [2.75, 3.05) is 13.1 Å². The summed E-state index contributed by atoms with van der Waals surface area (Å²) in [6.45, 7) is 0.911. The first-order valence-electron chi connectivity index (χ1n) is 7.32. The fraction of sp³-hybridized carbons (Fsp3) is 0.786. The van der Waals surface area contributed by atoms with E-state index < -0.39 is 12.0 Å². The van der Waals surface area contributed by atoms with Crippen molar-refractivity contribution >= 4 is 12.0 Å². The van der Waals surface area contributed by atoms with Gasteiger partial charge in [-0.1, -0.05) is 12.8 Å². The molecule has 1 saturated carbocycles. The molecule has 0 aromatic heterocycles. The third-order valence-electron chi connectivity index (χ3n) is 3.98. The van der Waals surface area contributed by atoms with Crippen LogP contribution >= 0.6 is 0 Å². The number of nitriles is 1. The molecule has 1 unspecified atom stereocenters. The summed E-state index contributed by atoms with van der Waals surface area (Å²) in [6, 6.07) is 1.35. The predicted octanol–water partition coefficient (Wildman–Crippen LogP) is 1.81. The molecule has 1 saturated heterocycles. The summed E-state index contributed by atoms with van der Waals surface area (Å²) in [7, 11) is 0. The van der Waals surface area contributed by atoms with E-state index >= 15 is 0 Å². The number of carbonyl (C=O) groups is 2. The molecule has 6 heteroatoms. The van der Waals surface area contributed by atoms with Gasteiger partial charge in [0.15, 0.2) is 0 Å². The first kappa shape index (κ1) is 14.6. The number of carboxylic acids is 1.